The van der Waals surface area contributed by atoms with Crippen molar-refractivity contribution in [1.29, 1.82) is 0 Å². The van der Waals surface area contributed by atoms with Crippen LogP contribution in [0.15, 0.2) is 66.9 Å². The van der Waals surface area contributed by atoms with E-state index in [0.717, 1.165) is 23.3 Å². The van der Waals surface area contributed by atoms with Crippen LogP contribution in [0.5, 0.6) is 0 Å². The van der Waals surface area contributed by atoms with Gasteiger partial charge in [-0.15, -0.1) is 0 Å². The average Bonchev–Trinajstić information content (AvgIpc) is 3.10. The molecule has 25 heavy (non-hydrogen) atoms. The summed E-state index contributed by atoms with van der Waals surface area (Å²) in [5.74, 6) is -0.147. The van der Waals surface area contributed by atoms with Gasteiger partial charge in [-0.1, -0.05) is 48.5 Å². The van der Waals surface area contributed by atoms with Crippen LogP contribution in [0.1, 0.15) is 22.6 Å². The lowest BCUT2D eigenvalue weighted by molar-refractivity contribution is -0.137. The van der Waals surface area contributed by atoms with Crippen molar-refractivity contribution in [2.24, 2.45) is 0 Å². The van der Waals surface area contributed by atoms with Gasteiger partial charge < -0.3 is 4.74 Å². The third-order valence-electron chi connectivity index (χ3n) is 4.00. The number of benzene rings is 2. The topological polar surface area (TPSA) is 29.5 Å². The summed E-state index contributed by atoms with van der Waals surface area (Å²) in [5, 5.41) is 0. The lowest BCUT2D eigenvalue weighted by atomic mass is 9.99. The van der Waals surface area contributed by atoms with Gasteiger partial charge in [-0.3, -0.25) is 4.90 Å². The van der Waals surface area contributed by atoms with Crippen LogP contribution in [0.3, 0.4) is 0 Å². The van der Waals surface area contributed by atoms with Gasteiger partial charge in [-0.25, -0.2) is 4.79 Å². The van der Waals surface area contributed by atoms with Crippen molar-refractivity contribution in [3.05, 3.63) is 83.6 Å². The third kappa shape index (κ3) is 4.21. The molecule has 130 valence electrons. The maximum atomic E-state index is 12.6. The molecule has 0 spiro atoms. The van der Waals surface area contributed by atoms with Crippen molar-refractivity contribution >= 4 is 6.09 Å². The molecule has 0 bridgehead atoms. The quantitative estimate of drug-likeness (QED) is 0.786. The van der Waals surface area contributed by atoms with E-state index in [0.29, 0.717) is 6.54 Å². The van der Waals surface area contributed by atoms with Crippen LogP contribution in [0, 0.1) is 0 Å². The summed E-state index contributed by atoms with van der Waals surface area (Å²) in [6.07, 6.45) is -1.44. The van der Waals surface area contributed by atoms with E-state index in [1.54, 1.807) is 12.3 Å². The second kappa shape index (κ2) is 7.01. The molecule has 6 heteroatoms. The van der Waals surface area contributed by atoms with Gasteiger partial charge in [-0.05, 0) is 23.3 Å². The first-order valence-corrected chi connectivity index (χ1v) is 7.76. The van der Waals surface area contributed by atoms with Crippen LogP contribution in [0.4, 0.5) is 18.0 Å². The number of amides is 1. The Morgan fingerprint density at radius 3 is 2.40 bits per heavy atom. The number of alkyl halides is 3. The molecule has 1 heterocycles. The monoisotopic (exact) mass is 347 g/mol. The van der Waals surface area contributed by atoms with Crippen molar-refractivity contribution in [2.45, 2.75) is 18.7 Å². The summed E-state index contributed by atoms with van der Waals surface area (Å²) in [6, 6.07) is 14.3. The Balaban J connectivity index is 1.56. The van der Waals surface area contributed by atoms with Gasteiger partial charge in [0.25, 0.3) is 0 Å². The van der Waals surface area contributed by atoms with Crippen molar-refractivity contribution in [1.82, 2.24) is 4.90 Å². The summed E-state index contributed by atoms with van der Waals surface area (Å²) in [6.45, 7) is 0.522. The van der Waals surface area contributed by atoms with Gasteiger partial charge in [-0.2, -0.15) is 13.2 Å². The summed E-state index contributed by atoms with van der Waals surface area (Å²) >= 11 is 0. The van der Waals surface area contributed by atoms with E-state index >= 15 is 0 Å². The summed E-state index contributed by atoms with van der Waals surface area (Å²) in [4.78, 5) is 13.5. The molecule has 2 aromatic carbocycles. The van der Waals surface area contributed by atoms with Crippen LogP contribution >= 0.6 is 0 Å². The van der Waals surface area contributed by atoms with Crippen LogP contribution in [0.2, 0.25) is 0 Å². The molecule has 0 aromatic heterocycles. The highest BCUT2D eigenvalue weighted by atomic mass is 19.4. The maximum Gasteiger partial charge on any atom is 0.416 e. The molecule has 3 rings (SSSR count). The Kier molecular flexibility index (Phi) is 4.79. The van der Waals surface area contributed by atoms with Crippen LogP contribution < -0.4 is 0 Å². The van der Waals surface area contributed by atoms with Crippen molar-refractivity contribution in [2.75, 3.05) is 6.54 Å². The lowest BCUT2D eigenvalue weighted by Gasteiger charge is -2.17. The molecule has 0 saturated heterocycles. The highest BCUT2D eigenvalue weighted by Crippen LogP contribution is 2.31. The smallest absolute Gasteiger partial charge is 0.416 e. The molecule has 1 atom stereocenters. The minimum Gasteiger partial charge on any atom is -0.444 e. The van der Waals surface area contributed by atoms with Crippen LogP contribution in [-0.4, -0.2) is 17.5 Å². The molecule has 0 aliphatic carbocycles. The van der Waals surface area contributed by atoms with E-state index in [4.69, 9.17) is 4.74 Å². The number of nitrogens with zero attached hydrogens (tertiary/aromatic N) is 1. The van der Waals surface area contributed by atoms with E-state index in [-0.39, 0.29) is 12.5 Å². The van der Waals surface area contributed by atoms with Gasteiger partial charge in [0.15, 0.2) is 0 Å². The minimum absolute atomic E-state index is 0.147. The SMILES string of the molecule is O=C(OCc1ccccc1)N1C=CC(c2ccc(C(F)(F)F)cc2)C1. The summed E-state index contributed by atoms with van der Waals surface area (Å²) in [7, 11) is 0. The zero-order valence-corrected chi connectivity index (χ0v) is 13.2. The summed E-state index contributed by atoms with van der Waals surface area (Å²) < 4.78 is 43.1. The molecule has 0 saturated carbocycles. The number of hydrogen-bond donors (Lipinski definition) is 0. The molecule has 0 radical (unpaired) electrons. The molecule has 0 N–H and O–H groups in total. The summed E-state index contributed by atoms with van der Waals surface area (Å²) in [5.41, 5.74) is 0.929. The van der Waals surface area contributed by atoms with Crippen molar-refractivity contribution in [3.63, 3.8) is 0 Å². The van der Waals surface area contributed by atoms with Gasteiger partial charge in [0, 0.05) is 18.7 Å². The molecule has 3 nitrogen and oxygen atoms in total. The number of carbonyl (C=O) groups is 1. The predicted molar refractivity (Wildman–Crippen MR) is 86.7 cm³/mol. The molecule has 0 fully saturated rings. The fraction of sp³-hybridized carbons (Fsp3) is 0.211. The van der Waals surface area contributed by atoms with Crippen molar-refractivity contribution < 1.29 is 22.7 Å². The highest BCUT2D eigenvalue weighted by molar-refractivity contribution is 5.69. The van der Waals surface area contributed by atoms with Gasteiger partial charge in [0.2, 0.25) is 0 Å². The number of carbonyl (C=O) groups excluding carboxylic acids is 1. The van der Waals surface area contributed by atoms with Crippen molar-refractivity contribution in [3.8, 4) is 0 Å². The Labute approximate surface area is 143 Å². The van der Waals surface area contributed by atoms with Gasteiger partial charge in [0.05, 0.1) is 5.56 Å². The first-order chi connectivity index (χ1) is 11.9. The Morgan fingerprint density at radius 2 is 1.76 bits per heavy atom. The van der Waals surface area contributed by atoms with E-state index in [1.165, 1.54) is 17.0 Å². The average molecular weight is 347 g/mol. The zero-order valence-electron chi connectivity index (χ0n) is 13.2. The molecule has 1 unspecified atom stereocenters. The Hall–Kier alpha value is -2.76. The number of hydrogen-bond acceptors (Lipinski definition) is 2. The molecule has 1 amide bonds. The standard InChI is InChI=1S/C19H16F3NO2/c20-19(21,22)17-8-6-15(7-9-17)16-10-11-23(12-16)18(24)25-13-14-4-2-1-3-5-14/h1-11,16H,12-13H2. The minimum atomic E-state index is -4.35. The zero-order chi connectivity index (χ0) is 17.9. The van der Waals surface area contributed by atoms with E-state index < -0.39 is 17.8 Å². The normalized spacial score (nSPS) is 16.9. The highest BCUT2D eigenvalue weighted by Gasteiger charge is 2.30. The maximum absolute atomic E-state index is 12.6. The number of ether oxygens (including phenoxy) is 1. The molecule has 1 aliphatic rings. The number of rotatable bonds is 3. The lowest BCUT2D eigenvalue weighted by Crippen LogP contribution is -2.26. The van der Waals surface area contributed by atoms with E-state index in [9.17, 15) is 18.0 Å². The van der Waals surface area contributed by atoms with Crippen LogP contribution in [-0.2, 0) is 17.5 Å². The molecule has 1 aliphatic heterocycles. The predicted octanol–water partition coefficient (Wildman–Crippen LogP) is 4.96. The van der Waals surface area contributed by atoms with Gasteiger partial charge >= 0.3 is 12.3 Å². The first-order valence-electron chi connectivity index (χ1n) is 7.76. The third-order valence-corrected chi connectivity index (χ3v) is 4.00. The fourth-order valence-electron chi connectivity index (χ4n) is 2.61. The molecule has 2 aromatic rings. The second-order valence-electron chi connectivity index (χ2n) is 5.76. The number of halogens is 3. The van der Waals surface area contributed by atoms with Gasteiger partial charge in [0.1, 0.15) is 6.61 Å². The molecular weight excluding hydrogens is 331 g/mol. The Morgan fingerprint density at radius 1 is 1.08 bits per heavy atom. The van der Waals surface area contributed by atoms with Crippen LogP contribution in [0.25, 0.3) is 0 Å². The molecular formula is C19H16F3NO2. The van der Waals surface area contributed by atoms with E-state index in [2.05, 4.69) is 0 Å². The largest absolute Gasteiger partial charge is 0.444 e. The van der Waals surface area contributed by atoms with E-state index in [1.807, 2.05) is 30.3 Å². The fourth-order valence-corrected chi connectivity index (χ4v) is 2.61. The Bertz CT molecular complexity index is 754. The first kappa shape index (κ1) is 17.1. The second-order valence-corrected chi connectivity index (χ2v) is 5.76.